The van der Waals surface area contributed by atoms with Crippen molar-refractivity contribution in [2.45, 2.75) is 6.92 Å². The van der Waals surface area contributed by atoms with Gasteiger partial charge < -0.3 is 5.32 Å². The zero-order valence-electron chi connectivity index (χ0n) is 14.1. The maximum Gasteiger partial charge on any atom is 0.0391 e. The molecule has 122 valence electrons. The van der Waals surface area contributed by atoms with Gasteiger partial charge in [0.1, 0.15) is 0 Å². The van der Waals surface area contributed by atoms with Crippen molar-refractivity contribution in [3.8, 4) is 0 Å². The Bertz CT molecular complexity index is 1080. The van der Waals surface area contributed by atoms with Crippen LogP contribution in [-0.2, 0) is 0 Å². The molecule has 0 aliphatic carbocycles. The van der Waals surface area contributed by atoms with Gasteiger partial charge in [-0.3, -0.25) is 0 Å². The number of benzene rings is 3. The summed E-state index contributed by atoms with van der Waals surface area (Å²) in [4.78, 5) is 0. The van der Waals surface area contributed by atoms with Crippen LogP contribution in [0, 0.1) is 0 Å². The highest BCUT2D eigenvalue weighted by Crippen LogP contribution is 2.35. The monoisotopic (exact) mass is 341 g/mol. The van der Waals surface area contributed by atoms with Gasteiger partial charge in [-0.05, 0) is 54.5 Å². The number of rotatable bonds is 4. The summed E-state index contributed by atoms with van der Waals surface area (Å²) in [5, 5.41) is 6.15. The maximum atomic E-state index is 3.86. The summed E-state index contributed by atoms with van der Waals surface area (Å²) >= 11 is 1.84. The Labute approximate surface area is 151 Å². The van der Waals surface area contributed by atoms with Crippen molar-refractivity contribution in [2.75, 3.05) is 5.32 Å². The van der Waals surface area contributed by atoms with E-state index in [2.05, 4.69) is 84.7 Å². The van der Waals surface area contributed by atoms with Crippen LogP contribution in [0.1, 0.15) is 12.5 Å². The van der Waals surface area contributed by atoms with Crippen molar-refractivity contribution >= 4 is 48.5 Å². The van der Waals surface area contributed by atoms with Gasteiger partial charge in [0.2, 0.25) is 0 Å². The van der Waals surface area contributed by atoms with E-state index in [4.69, 9.17) is 0 Å². The molecule has 0 saturated carbocycles. The predicted molar refractivity (Wildman–Crippen MR) is 113 cm³/mol. The molecule has 0 aliphatic heterocycles. The Morgan fingerprint density at radius 3 is 2.36 bits per heavy atom. The minimum Gasteiger partial charge on any atom is -0.356 e. The molecule has 0 bridgehead atoms. The van der Waals surface area contributed by atoms with Crippen LogP contribution in [-0.4, -0.2) is 0 Å². The third-order valence-corrected chi connectivity index (χ3v) is 5.57. The van der Waals surface area contributed by atoms with E-state index in [9.17, 15) is 0 Å². The van der Waals surface area contributed by atoms with Crippen molar-refractivity contribution in [3.63, 3.8) is 0 Å². The first-order valence-electron chi connectivity index (χ1n) is 8.36. The molecule has 4 rings (SSSR count). The molecule has 4 aromatic rings. The molecule has 1 heterocycles. The van der Waals surface area contributed by atoms with Crippen LogP contribution in [0.4, 0.5) is 11.4 Å². The normalized spacial score (nSPS) is 11.8. The zero-order chi connectivity index (χ0) is 17.2. The van der Waals surface area contributed by atoms with E-state index in [0.717, 1.165) is 16.9 Å². The van der Waals surface area contributed by atoms with Crippen LogP contribution < -0.4 is 5.32 Å². The summed E-state index contributed by atoms with van der Waals surface area (Å²) in [5.41, 5.74) is 4.53. The second-order valence-corrected chi connectivity index (χ2v) is 7.04. The van der Waals surface area contributed by atoms with E-state index in [1.54, 1.807) is 0 Å². The Kier molecular flexibility index (Phi) is 4.12. The molecular formula is C23H19NS. The number of thiophene rings is 1. The van der Waals surface area contributed by atoms with Crippen molar-refractivity contribution < 1.29 is 0 Å². The third kappa shape index (κ3) is 2.97. The Hall–Kier alpha value is -2.84. The van der Waals surface area contributed by atoms with Crippen molar-refractivity contribution in [3.05, 3.63) is 91.0 Å². The molecule has 0 unspecified atom stereocenters. The largest absolute Gasteiger partial charge is 0.356 e. The minimum absolute atomic E-state index is 1.09. The molecule has 2 heteroatoms. The molecule has 0 saturated heterocycles. The molecule has 0 aliphatic rings. The average Bonchev–Trinajstić information content (AvgIpc) is 3.02. The molecule has 1 nitrogen and oxygen atoms in total. The fourth-order valence-electron chi connectivity index (χ4n) is 3.12. The van der Waals surface area contributed by atoms with Crippen molar-refractivity contribution in [1.82, 2.24) is 0 Å². The fourth-order valence-corrected chi connectivity index (χ4v) is 4.21. The summed E-state index contributed by atoms with van der Waals surface area (Å²) in [7, 11) is 0. The van der Waals surface area contributed by atoms with E-state index in [0.29, 0.717) is 0 Å². The number of nitrogens with one attached hydrogen (secondary N) is 1. The summed E-state index contributed by atoms with van der Waals surface area (Å²) in [6.07, 6.45) is 3.96. The molecular weight excluding hydrogens is 322 g/mol. The van der Waals surface area contributed by atoms with Crippen LogP contribution in [0.25, 0.3) is 25.7 Å². The molecule has 1 N–H and O–H groups in total. The Morgan fingerprint density at radius 2 is 1.60 bits per heavy atom. The van der Waals surface area contributed by atoms with Gasteiger partial charge in [0.15, 0.2) is 0 Å². The highest BCUT2D eigenvalue weighted by atomic mass is 32.1. The Balaban J connectivity index is 1.66. The molecule has 1 aromatic heterocycles. The first-order chi connectivity index (χ1) is 12.3. The fraction of sp³-hybridized carbons (Fsp3) is 0.0435. The second kappa shape index (κ2) is 6.58. The molecule has 3 aromatic carbocycles. The van der Waals surface area contributed by atoms with Gasteiger partial charge in [0.05, 0.1) is 0 Å². The summed E-state index contributed by atoms with van der Waals surface area (Å²) in [6, 6.07) is 23.6. The lowest BCUT2D eigenvalue weighted by Gasteiger charge is -2.08. The van der Waals surface area contributed by atoms with Crippen LogP contribution in [0.2, 0.25) is 0 Å². The lowest BCUT2D eigenvalue weighted by atomic mass is 10.1. The van der Waals surface area contributed by atoms with Crippen LogP contribution in [0.3, 0.4) is 0 Å². The van der Waals surface area contributed by atoms with Crippen LogP contribution in [0.5, 0.6) is 0 Å². The summed E-state index contributed by atoms with van der Waals surface area (Å²) in [5.74, 6) is 0. The highest BCUT2D eigenvalue weighted by molar-refractivity contribution is 7.25. The van der Waals surface area contributed by atoms with Crippen LogP contribution >= 0.6 is 11.3 Å². The van der Waals surface area contributed by atoms with Crippen molar-refractivity contribution in [2.24, 2.45) is 0 Å². The third-order valence-electron chi connectivity index (χ3n) is 4.41. The zero-order valence-corrected chi connectivity index (χ0v) is 14.9. The molecule has 0 amide bonds. The highest BCUT2D eigenvalue weighted by Gasteiger charge is 2.05. The quantitative estimate of drug-likeness (QED) is 0.382. The number of anilines is 2. The first kappa shape index (κ1) is 15.7. The lowest BCUT2D eigenvalue weighted by molar-refractivity contribution is 1.54. The van der Waals surface area contributed by atoms with E-state index < -0.39 is 0 Å². The van der Waals surface area contributed by atoms with Crippen LogP contribution in [0.15, 0.2) is 85.5 Å². The summed E-state index contributed by atoms with van der Waals surface area (Å²) < 4.78 is 2.66. The van der Waals surface area contributed by atoms with Gasteiger partial charge >= 0.3 is 0 Å². The van der Waals surface area contributed by atoms with Gasteiger partial charge in [-0.2, -0.15) is 0 Å². The SMILES string of the molecule is C=C/C(=C\C)c1ccc(Nc2ccc3sc4ccccc4c3c2)cc1. The molecule has 0 fully saturated rings. The van der Waals surface area contributed by atoms with E-state index >= 15 is 0 Å². The van der Waals surface area contributed by atoms with Gasteiger partial charge in [0.25, 0.3) is 0 Å². The predicted octanol–water partition coefficient (Wildman–Crippen LogP) is 7.39. The second-order valence-electron chi connectivity index (χ2n) is 5.96. The van der Waals surface area contributed by atoms with E-state index in [1.807, 2.05) is 24.3 Å². The molecule has 0 radical (unpaired) electrons. The molecule has 0 spiro atoms. The lowest BCUT2D eigenvalue weighted by Crippen LogP contribution is -1.90. The van der Waals surface area contributed by atoms with Gasteiger partial charge in [0, 0.05) is 31.5 Å². The smallest absolute Gasteiger partial charge is 0.0391 e. The topological polar surface area (TPSA) is 12.0 Å². The number of allylic oxidation sites excluding steroid dienone is 3. The van der Waals surface area contributed by atoms with E-state index in [-0.39, 0.29) is 0 Å². The maximum absolute atomic E-state index is 3.86. The van der Waals surface area contributed by atoms with Crippen molar-refractivity contribution in [1.29, 1.82) is 0 Å². The van der Waals surface area contributed by atoms with Gasteiger partial charge in [-0.1, -0.05) is 49.1 Å². The number of hydrogen-bond acceptors (Lipinski definition) is 2. The minimum atomic E-state index is 1.09. The molecule has 25 heavy (non-hydrogen) atoms. The summed E-state index contributed by atoms with van der Waals surface area (Å²) in [6.45, 7) is 5.90. The number of hydrogen-bond donors (Lipinski definition) is 1. The standard InChI is InChI=1S/C23H19NS/c1-3-16(4-2)17-9-11-18(12-10-17)24-19-13-14-23-21(15-19)20-7-5-6-8-22(20)25-23/h3-15,24H,1H2,2H3/b16-4+. The molecule has 0 atom stereocenters. The van der Waals surface area contributed by atoms with E-state index in [1.165, 1.54) is 25.7 Å². The average molecular weight is 341 g/mol. The first-order valence-corrected chi connectivity index (χ1v) is 9.17. The number of fused-ring (bicyclic) bond motifs is 3. The van der Waals surface area contributed by atoms with Gasteiger partial charge in [-0.15, -0.1) is 11.3 Å². The Morgan fingerprint density at radius 1 is 0.880 bits per heavy atom. The van der Waals surface area contributed by atoms with Gasteiger partial charge in [-0.25, -0.2) is 0 Å².